The molecule has 0 radical (unpaired) electrons. The van der Waals surface area contributed by atoms with Gasteiger partial charge < -0.3 is 10.6 Å². The van der Waals surface area contributed by atoms with E-state index in [2.05, 4.69) is 21.8 Å². The number of piperidine rings is 1. The first-order chi connectivity index (χ1) is 8.71. The molecular formula is C14H22N4. The van der Waals surface area contributed by atoms with Crippen LogP contribution in [0.5, 0.6) is 0 Å². The van der Waals surface area contributed by atoms with E-state index in [4.69, 9.17) is 5.73 Å². The van der Waals surface area contributed by atoms with Gasteiger partial charge in [-0.15, -0.1) is 0 Å². The Morgan fingerprint density at radius 3 is 2.39 bits per heavy atom. The lowest BCUT2D eigenvalue weighted by Crippen LogP contribution is -2.42. The van der Waals surface area contributed by atoms with Crippen LogP contribution < -0.4 is 10.6 Å². The molecule has 1 aliphatic carbocycles. The normalized spacial score (nSPS) is 23.1. The molecule has 0 spiro atoms. The van der Waals surface area contributed by atoms with Crippen LogP contribution in [0.25, 0.3) is 0 Å². The fourth-order valence-electron chi connectivity index (χ4n) is 2.90. The Balaban J connectivity index is 1.61. The molecule has 0 bridgehead atoms. The fourth-order valence-corrected chi connectivity index (χ4v) is 2.90. The molecule has 1 aromatic heterocycles. The lowest BCUT2D eigenvalue weighted by molar-refractivity contribution is 0.323. The third-order valence-electron chi connectivity index (χ3n) is 4.52. The van der Waals surface area contributed by atoms with Gasteiger partial charge in [0.2, 0.25) is 5.95 Å². The second-order valence-electron chi connectivity index (χ2n) is 5.74. The molecule has 2 heterocycles. The van der Waals surface area contributed by atoms with Crippen LogP contribution in [0.1, 0.15) is 38.2 Å². The summed E-state index contributed by atoms with van der Waals surface area (Å²) in [7, 11) is 0. The second kappa shape index (κ2) is 4.50. The van der Waals surface area contributed by atoms with Gasteiger partial charge in [0.15, 0.2) is 0 Å². The number of nitrogens with two attached hydrogens (primary N) is 1. The molecule has 1 aliphatic heterocycles. The molecule has 1 saturated heterocycles. The summed E-state index contributed by atoms with van der Waals surface area (Å²) in [5.74, 6) is 1.59. The summed E-state index contributed by atoms with van der Waals surface area (Å²) in [5.41, 5.74) is 7.67. The minimum absolute atomic E-state index is 0.180. The number of aromatic nitrogens is 2. The molecule has 0 amide bonds. The van der Waals surface area contributed by atoms with Crippen molar-refractivity contribution in [3.63, 3.8) is 0 Å². The van der Waals surface area contributed by atoms with E-state index < -0.39 is 0 Å². The van der Waals surface area contributed by atoms with Crippen molar-refractivity contribution in [1.29, 1.82) is 0 Å². The molecule has 4 nitrogen and oxygen atoms in total. The third-order valence-corrected chi connectivity index (χ3v) is 4.52. The lowest BCUT2D eigenvalue weighted by Gasteiger charge is -2.34. The standard InChI is InChI=1S/C14H22N4/c1-2-11-9-16-13(17-10-11)18-7-3-12(4-8-18)14(15)5-6-14/h9-10,12H,2-8,15H2,1H3. The van der Waals surface area contributed by atoms with Crippen LogP contribution in [-0.4, -0.2) is 28.6 Å². The molecular weight excluding hydrogens is 224 g/mol. The molecule has 2 fully saturated rings. The van der Waals surface area contributed by atoms with Crippen molar-refractivity contribution in [3.05, 3.63) is 18.0 Å². The zero-order chi connectivity index (χ0) is 12.6. The molecule has 0 atom stereocenters. The van der Waals surface area contributed by atoms with Crippen LogP contribution in [0.2, 0.25) is 0 Å². The van der Waals surface area contributed by atoms with E-state index in [0.717, 1.165) is 25.5 Å². The molecule has 3 rings (SSSR count). The van der Waals surface area contributed by atoms with Crippen LogP contribution in [0.4, 0.5) is 5.95 Å². The summed E-state index contributed by atoms with van der Waals surface area (Å²) >= 11 is 0. The van der Waals surface area contributed by atoms with E-state index in [-0.39, 0.29) is 5.54 Å². The highest BCUT2D eigenvalue weighted by atomic mass is 15.2. The zero-order valence-corrected chi connectivity index (χ0v) is 11.1. The topological polar surface area (TPSA) is 55.0 Å². The van der Waals surface area contributed by atoms with Gasteiger partial charge in [-0.1, -0.05) is 6.92 Å². The molecule has 0 aromatic carbocycles. The highest BCUT2D eigenvalue weighted by Crippen LogP contribution is 2.44. The predicted molar refractivity (Wildman–Crippen MR) is 72.5 cm³/mol. The molecule has 1 saturated carbocycles. The van der Waals surface area contributed by atoms with Crippen LogP contribution in [0.3, 0.4) is 0 Å². The van der Waals surface area contributed by atoms with Crippen molar-refractivity contribution in [2.75, 3.05) is 18.0 Å². The number of nitrogens with zero attached hydrogens (tertiary/aromatic N) is 3. The summed E-state index contributed by atoms with van der Waals surface area (Å²) < 4.78 is 0. The maximum absolute atomic E-state index is 6.29. The molecule has 2 N–H and O–H groups in total. The molecule has 2 aliphatic rings. The van der Waals surface area contributed by atoms with Gasteiger partial charge in [-0.25, -0.2) is 9.97 Å². The minimum Gasteiger partial charge on any atom is -0.341 e. The average Bonchev–Trinajstić information content (AvgIpc) is 3.18. The number of hydrogen-bond acceptors (Lipinski definition) is 4. The summed E-state index contributed by atoms with van der Waals surface area (Å²) in [6.45, 7) is 4.23. The lowest BCUT2D eigenvalue weighted by atomic mass is 9.88. The van der Waals surface area contributed by atoms with E-state index in [1.807, 2.05) is 12.4 Å². The maximum atomic E-state index is 6.29. The highest BCUT2D eigenvalue weighted by Gasteiger charge is 2.46. The van der Waals surface area contributed by atoms with Crippen LogP contribution in [0.15, 0.2) is 12.4 Å². The Kier molecular flexibility index (Phi) is 2.98. The Labute approximate surface area is 109 Å². The number of rotatable bonds is 3. The summed E-state index contributed by atoms with van der Waals surface area (Å²) in [5, 5.41) is 0. The zero-order valence-electron chi connectivity index (χ0n) is 11.1. The Bertz CT molecular complexity index is 402. The van der Waals surface area contributed by atoms with Gasteiger partial charge >= 0.3 is 0 Å². The molecule has 1 aromatic rings. The van der Waals surface area contributed by atoms with Crippen molar-refractivity contribution in [3.8, 4) is 0 Å². The monoisotopic (exact) mass is 246 g/mol. The second-order valence-corrected chi connectivity index (χ2v) is 5.74. The summed E-state index contributed by atoms with van der Waals surface area (Å²) in [6.07, 6.45) is 9.71. The van der Waals surface area contributed by atoms with Gasteiger partial charge in [0, 0.05) is 31.0 Å². The number of hydrogen-bond donors (Lipinski definition) is 1. The Morgan fingerprint density at radius 2 is 1.89 bits per heavy atom. The summed E-state index contributed by atoms with van der Waals surface area (Å²) in [6, 6.07) is 0. The van der Waals surface area contributed by atoms with E-state index in [0.29, 0.717) is 5.92 Å². The van der Waals surface area contributed by atoms with Gasteiger partial charge in [-0.3, -0.25) is 0 Å². The van der Waals surface area contributed by atoms with Crippen molar-refractivity contribution < 1.29 is 0 Å². The first-order valence-electron chi connectivity index (χ1n) is 7.06. The number of aryl methyl sites for hydroxylation is 1. The van der Waals surface area contributed by atoms with Crippen molar-refractivity contribution in [2.24, 2.45) is 11.7 Å². The van der Waals surface area contributed by atoms with Gasteiger partial charge in [0.05, 0.1) is 0 Å². The third kappa shape index (κ3) is 2.21. The number of anilines is 1. The van der Waals surface area contributed by atoms with Crippen molar-refractivity contribution >= 4 is 5.95 Å². The van der Waals surface area contributed by atoms with E-state index >= 15 is 0 Å². The first kappa shape index (κ1) is 11.9. The van der Waals surface area contributed by atoms with Gasteiger partial charge in [-0.2, -0.15) is 0 Å². The van der Waals surface area contributed by atoms with Crippen molar-refractivity contribution in [1.82, 2.24) is 9.97 Å². The Morgan fingerprint density at radius 1 is 1.28 bits per heavy atom. The van der Waals surface area contributed by atoms with E-state index in [1.165, 1.54) is 31.2 Å². The first-order valence-corrected chi connectivity index (χ1v) is 7.06. The SMILES string of the molecule is CCc1cnc(N2CCC(C3(N)CC3)CC2)nc1. The van der Waals surface area contributed by atoms with Crippen LogP contribution in [-0.2, 0) is 6.42 Å². The van der Waals surface area contributed by atoms with Crippen LogP contribution >= 0.6 is 0 Å². The van der Waals surface area contributed by atoms with Gasteiger partial charge in [0.25, 0.3) is 0 Å². The molecule has 18 heavy (non-hydrogen) atoms. The van der Waals surface area contributed by atoms with Gasteiger partial charge in [-0.05, 0) is 43.6 Å². The summed E-state index contributed by atoms with van der Waals surface area (Å²) in [4.78, 5) is 11.2. The quantitative estimate of drug-likeness (QED) is 0.882. The molecule has 0 unspecified atom stereocenters. The van der Waals surface area contributed by atoms with Crippen molar-refractivity contribution in [2.45, 2.75) is 44.6 Å². The van der Waals surface area contributed by atoms with E-state index in [9.17, 15) is 0 Å². The molecule has 98 valence electrons. The largest absolute Gasteiger partial charge is 0.341 e. The maximum Gasteiger partial charge on any atom is 0.225 e. The Hall–Kier alpha value is -1.16. The highest BCUT2D eigenvalue weighted by molar-refractivity contribution is 5.31. The predicted octanol–water partition coefficient (Wildman–Crippen LogP) is 1.75. The minimum atomic E-state index is 0.180. The van der Waals surface area contributed by atoms with Gasteiger partial charge in [0.1, 0.15) is 0 Å². The van der Waals surface area contributed by atoms with E-state index in [1.54, 1.807) is 0 Å². The average molecular weight is 246 g/mol. The smallest absolute Gasteiger partial charge is 0.225 e. The molecule has 4 heteroatoms. The van der Waals surface area contributed by atoms with Crippen LogP contribution in [0, 0.1) is 5.92 Å². The fraction of sp³-hybridized carbons (Fsp3) is 0.714.